The van der Waals surface area contributed by atoms with Crippen LogP contribution < -0.4 is 10.6 Å². The summed E-state index contributed by atoms with van der Waals surface area (Å²) in [6.07, 6.45) is 3.86. The van der Waals surface area contributed by atoms with Gasteiger partial charge in [0.15, 0.2) is 0 Å². The Morgan fingerprint density at radius 3 is 2.44 bits per heavy atom. The van der Waals surface area contributed by atoms with E-state index < -0.39 is 0 Å². The zero-order valence-electron chi connectivity index (χ0n) is 9.16. The largest absolute Gasteiger partial charge is 0.382 e. The maximum atomic E-state index is 10.8. The summed E-state index contributed by atoms with van der Waals surface area (Å²) in [6.45, 7) is 2.23. The minimum Gasteiger partial charge on any atom is -0.382 e. The Labute approximate surface area is 100 Å². The Morgan fingerprint density at radius 2 is 1.88 bits per heavy atom. The third kappa shape index (κ3) is 4.84. The van der Waals surface area contributed by atoms with Crippen molar-refractivity contribution in [3.8, 4) is 0 Å². The zero-order chi connectivity index (χ0) is 11.8. The SMILES string of the molecule is CC(=O)Nc1ccc(NC/C=C/CCl)cc1. The van der Waals surface area contributed by atoms with Crippen molar-refractivity contribution in [2.45, 2.75) is 6.92 Å². The van der Waals surface area contributed by atoms with Gasteiger partial charge >= 0.3 is 0 Å². The van der Waals surface area contributed by atoms with Gasteiger partial charge in [0.1, 0.15) is 0 Å². The number of carbonyl (C=O) groups excluding carboxylic acids is 1. The topological polar surface area (TPSA) is 41.1 Å². The molecule has 0 spiro atoms. The van der Waals surface area contributed by atoms with Gasteiger partial charge in [-0.05, 0) is 24.3 Å². The van der Waals surface area contributed by atoms with Crippen molar-refractivity contribution >= 4 is 28.9 Å². The maximum absolute atomic E-state index is 10.8. The summed E-state index contributed by atoms with van der Waals surface area (Å²) in [5, 5.41) is 5.91. The molecule has 16 heavy (non-hydrogen) atoms. The van der Waals surface area contributed by atoms with Gasteiger partial charge in [0.25, 0.3) is 0 Å². The molecule has 1 rings (SSSR count). The third-order valence-corrected chi connectivity index (χ3v) is 2.06. The average molecular weight is 239 g/mol. The number of nitrogens with one attached hydrogen (secondary N) is 2. The van der Waals surface area contributed by atoms with E-state index in [4.69, 9.17) is 11.6 Å². The summed E-state index contributed by atoms with van der Waals surface area (Å²) in [6, 6.07) is 7.55. The highest BCUT2D eigenvalue weighted by molar-refractivity contribution is 6.18. The van der Waals surface area contributed by atoms with Crippen LogP contribution in [0.5, 0.6) is 0 Å². The van der Waals surface area contributed by atoms with Crippen LogP contribution in [0.25, 0.3) is 0 Å². The van der Waals surface area contributed by atoms with Crippen LogP contribution >= 0.6 is 11.6 Å². The molecule has 1 aromatic carbocycles. The van der Waals surface area contributed by atoms with Gasteiger partial charge in [-0.25, -0.2) is 0 Å². The molecule has 0 saturated heterocycles. The molecule has 0 aliphatic heterocycles. The molecule has 0 saturated carbocycles. The van der Waals surface area contributed by atoms with Crippen molar-refractivity contribution in [3.63, 3.8) is 0 Å². The lowest BCUT2D eigenvalue weighted by Crippen LogP contribution is -2.05. The smallest absolute Gasteiger partial charge is 0.221 e. The highest BCUT2D eigenvalue weighted by Gasteiger charge is 1.94. The molecule has 0 aliphatic rings. The Bertz CT molecular complexity index is 360. The van der Waals surface area contributed by atoms with Gasteiger partial charge in [0, 0.05) is 30.7 Å². The molecule has 2 N–H and O–H groups in total. The first-order valence-electron chi connectivity index (χ1n) is 5.05. The number of hydrogen-bond acceptors (Lipinski definition) is 2. The first-order valence-corrected chi connectivity index (χ1v) is 5.58. The first-order chi connectivity index (χ1) is 7.72. The monoisotopic (exact) mass is 238 g/mol. The van der Waals surface area contributed by atoms with Crippen molar-refractivity contribution < 1.29 is 4.79 Å². The number of allylic oxidation sites excluding steroid dienone is 1. The van der Waals surface area contributed by atoms with Crippen LogP contribution in [0, 0.1) is 0 Å². The Morgan fingerprint density at radius 1 is 1.25 bits per heavy atom. The summed E-state index contributed by atoms with van der Waals surface area (Å²) in [5.41, 5.74) is 1.81. The molecule has 0 heterocycles. The molecule has 1 aromatic rings. The second-order valence-corrected chi connectivity index (χ2v) is 3.57. The first kappa shape index (κ1) is 12.6. The van der Waals surface area contributed by atoms with Gasteiger partial charge in [0.2, 0.25) is 5.91 Å². The minimum absolute atomic E-state index is 0.0641. The summed E-state index contributed by atoms with van der Waals surface area (Å²) >= 11 is 5.50. The number of amides is 1. The van der Waals surface area contributed by atoms with Crippen molar-refractivity contribution in [1.82, 2.24) is 0 Å². The molecule has 1 amide bonds. The van der Waals surface area contributed by atoms with Gasteiger partial charge in [0.05, 0.1) is 0 Å². The molecular formula is C12H15ClN2O. The van der Waals surface area contributed by atoms with Crippen LogP contribution in [-0.2, 0) is 4.79 Å². The highest BCUT2D eigenvalue weighted by atomic mass is 35.5. The fraction of sp³-hybridized carbons (Fsp3) is 0.250. The van der Waals surface area contributed by atoms with E-state index in [1.165, 1.54) is 6.92 Å². The summed E-state index contributed by atoms with van der Waals surface area (Å²) in [5.74, 6) is 0.467. The van der Waals surface area contributed by atoms with E-state index in [0.29, 0.717) is 5.88 Å². The van der Waals surface area contributed by atoms with E-state index in [9.17, 15) is 4.79 Å². The second kappa shape index (κ2) is 6.90. The number of rotatable bonds is 5. The van der Waals surface area contributed by atoms with Crippen molar-refractivity contribution in [2.24, 2.45) is 0 Å². The Kier molecular flexibility index (Phi) is 5.43. The maximum Gasteiger partial charge on any atom is 0.221 e. The normalized spacial score (nSPS) is 10.4. The van der Waals surface area contributed by atoms with E-state index in [0.717, 1.165) is 17.9 Å². The molecule has 0 bridgehead atoms. The van der Waals surface area contributed by atoms with E-state index in [1.807, 2.05) is 36.4 Å². The number of benzene rings is 1. The molecule has 0 fully saturated rings. The van der Waals surface area contributed by atoms with Crippen molar-refractivity contribution in [1.29, 1.82) is 0 Å². The van der Waals surface area contributed by atoms with Crippen LogP contribution in [0.2, 0.25) is 0 Å². The van der Waals surface area contributed by atoms with Gasteiger partial charge in [-0.1, -0.05) is 12.2 Å². The number of halogens is 1. The lowest BCUT2D eigenvalue weighted by molar-refractivity contribution is -0.114. The molecule has 0 aromatic heterocycles. The summed E-state index contributed by atoms with van der Waals surface area (Å²) in [7, 11) is 0. The lowest BCUT2D eigenvalue weighted by atomic mass is 10.2. The number of alkyl halides is 1. The average Bonchev–Trinajstić information content (AvgIpc) is 2.26. The predicted molar refractivity (Wildman–Crippen MR) is 69.1 cm³/mol. The van der Waals surface area contributed by atoms with Crippen LogP contribution in [-0.4, -0.2) is 18.3 Å². The van der Waals surface area contributed by atoms with Crippen LogP contribution in [0.15, 0.2) is 36.4 Å². The fourth-order valence-corrected chi connectivity index (χ4v) is 1.32. The molecule has 4 heteroatoms. The summed E-state index contributed by atoms with van der Waals surface area (Å²) in [4.78, 5) is 10.8. The molecule has 0 atom stereocenters. The van der Waals surface area contributed by atoms with E-state index in [2.05, 4.69) is 10.6 Å². The number of hydrogen-bond donors (Lipinski definition) is 2. The standard InChI is InChI=1S/C12H15ClN2O/c1-10(16)15-12-6-4-11(5-7-12)14-9-3-2-8-13/h2-7,14H,8-9H2,1H3,(H,15,16)/b3-2+. The van der Waals surface area contributed by atoms with Gasteiger partial charge < -0.3 is 10.6 Å². The van der Waals surface area contributed by atoms with Gasteiger partial charge in [-0.15, -0.1) is 11.6 Å². The Balaban J connectivity index is 2.45. The molecular weight excluding hydrogens is 224 g/mol. The quantitative estimate of drug-likeness (QED) is 0.612. The van der Waals surface area contributed by atoms with E-state index in [1.54, 1.807) is 0 Å². The van der Waals surface area contributed by atoms with E-state index >= 15 is 0 Å². The van der Waals surface area contributed by atoms with Gasteiger partial charge in [-0.2, -0.15) is 0 Å². The second-order valence-electron chi connectivity index (χ2n) is 3.27. The lowest BCUT2D eigenvalue weighted by Gasteiger charge is -2.05. The fourth-order valence-electron chi connectivity index (χ4n) is 1.20. The van der Waals surface area contributed by atoms with E-state index in [-0.39, 0.29) is 5.91 Å². The van der Waals surface area contributed by atoms with Gasteiger partial charge in [-0.3, -0.25) is 4.79 Å². The third-order valence-electron chi connectivity index (χ3n) is 1.89. The highest BCUT2D eigenvalue weighted by Crippen LogP contribution is 2.13. The molecule has 0 aliphatic carbocycles. The van der Waals surface area contributed by atoms with Crippen molar-refractivity contribution in [3.05, 3.63) is 36.4 Å². The number of anilines is 2. The van der Waals surface area contributed by atoms with Crippen LogP contribution in [0.3, 0.4) is 0 Å². The zero-order valence-corrected chi connectivity index (χ0v) is 9.92. The van der Waals surface area contributed by atoms with Crippen molar-refractivity contribution in [2.75, 3.05) is 23.1 Å². The summed E-state index contributed by atoms with van der Waals surface area (Å²) < 4.78 is 0. The predicted octanol–water partition coefficient (Wildman–Crippen LogP) is 2.85. The number of carbonyl (C=O) groups is 1. The molecule has 86 valence electrons. The van der Waals surface area contributed by atoms with Crippen LogP contribution in [0.1, 0.15) is 6.92 Å². The molecule has 0 unspecified atom stereocenters. The minimum atomic E-state index is -0.0641. The molecule has 0 radical (unpaired) electrons. The Hall–Kier alpha value is -1.48. The van der Waals surface area contributed by atoms with Crippen LogP contribution in [0.4, 0.5) is 11.4 Å². The molecule has 3 nitrogen and oxygen atoms in total.